The Kier molecular flexibility index (Phi) is 4.51. The van der Waals surface area contributed by atoms with E-state index < -0.39 is 0 Å². The Bertz CT molecular complexity index is 964. The molecule has 4 heteroatoms. The fraction of sp³-hybridized carbons (Fsp3) is 0. The number of nitrogens with one attached hydrogen (secondary N) is 1. The molecule has 4 aromatic rings. The minimum atomic E-state index is 0.725. The third kappa shape index (κ3) is 3.58. The predicted octanol–water partition coefficient (Wildman–Crippen LogP) is 6.87. The Balaban J connectivity index is 1.79. The van der Waals surface area contributed by atoms with Gasteiger partial charge in [-0.25, -0.2) is 4.98 Å². The molecular formula is C21H15ClN2S. The molecule has 0 fully saturated rings. The summed E-state index contributed by atoms with van der Waals surface area (Å²) in [5.74, 6) is 0. The van der Waals surface area contributed by atoms with Crippen molar-refractivity contribution in [2.45, 2.75) is 0 Å². The molecule has 1 heterocycles. The van der Waals surface area contributed by atoms with Gasteiger partial charge in [0, 0.05) is 16.3 Å². The summed E-state index contributed by atoms with van der Waals surface area (Å²) < 4.78 is 0. The highest BCUT2D eigenvalue weighted by atomic mass is 35.5. The van der Waals surface area contributed by atoms with Crippen molar-refractivity contribution in [2.24, 2.45) is 0 Å². The van der Waals surface area contributed by atoms with E-state index in [1.54, 1.807) is 11.3 Å². The van der Waals surface area contributed by atoms with Crippen LogP contribution in [0.2, 0.25) is 5.02 Å². The minimum absolute atomic E-state index is 0.725. The summed E-state index contributed by atoms with van der Waals surface area (Å²) >= 11 is 7.69. The van der Waals surface area contributed by atoms with Gasteiger partial charge in [0.1, 0.15) is 0 Å². The lowest BCUT2D eigenvalue weighted by Crippen LogP contribution is -1.88. The number of aromatic nitrogens is 1. The molecule has 0 bridgehead atoms. The zero-order valence-corrected chi connectivity index (χ0v) is 14.9. The molecule has 0 atom stereocenters. The molecule has 0 aliphatic heterocycles. The summed E-state index contributed by atoms with van der Waals surface area (Å²) in [6, 6.07) is 28.2. The maximum Gasteiger partial charge on any atom is 0.188 e. The summed E-state index contributed by atoms with van der Waals surface area (Å²) in [5.41, 5.74) is 4.21. The predicted molar refractivity (Wildman–Crippen MR) is 108 cm³/mol. The molecule has 25 heavy (non-hydrogen) atoms. The molecule has 1 aromatic heterocycles. The van der Waals surface area contributed by atoms with Gasteiger partial charge in [0.25, 0.3) is 0 Å². The molecule has 0 saturated carbocycles. The summed E-state index contributed by atoms with van der Waals surface area (Å²) in [5, 5.41) is 4.99. The Morgan fingerprint density at radius 1 is 0.720 bits per heavy atom. The third-order valence-electron chi connectivity index (χ3n) is 3.81. The average molecular weight is 363 g/mol. The number of benzene rings is 3. The minimum Gasteiger partial charge on any atom is -0.332 e. The Morgan fingerprint density at radius 3 is 2.04 bits per heavy atom. The maximum atomic E-state index is 6.04. The molecule has 2 nitrogen and oxygen atoms in total. The van der Waals surface area contributed by atoms with Crippen molar-refractivity contribution in [2.75, 3.05) is 5.32 Å². The van der Waals surface area contributed by atoms with Crippen molar-refractivity contribution >= 4 is 33.8 Å². The van der Waals surface area contributed by atoms with Crippen LogP contribution in [-0.2, 0) is 0 Å². The summed E-state index contributed by atoms with van der Waals surface area (Å²) in [7, 11) is 0. The molecule has 1 N–H and O–H groups in total. The fourth-order valence-electron chi connectivity index (χ4n) is 2.61. The van der Waals surface area contributed by atoms with E-state index in [1.165, 1.54) is 0 Å². The zero-order chi connectivity index (χ0) is 17.1. The van der Waals surface area contributed by atoms with Crippen LogP contribution in [0.5, 0.6) is 0 Å². The van der Waals surface area contributed by atoms with E-state index >= 15 is 0 Å². The van der Waals surface area contributed by atoms with Crippen LogP contribution in [0.15, 0.2) is 84.9 Å². The normalized spacial score (nSPS) is 10.6. The molecule has 0 unspecified atom stereocenters. The number of nitrogens with zero attached hydrogens (tertiary/aromatic N) is 1. The van der Waals surface area contributed by atoms with Crippen molar-refractivity contribution in [3.63, 3.8) is 0 Å². The molecule has 4 rings (SSSR count). The first-order valence-corrected chi connectivity index (χ1v) is 9.13. The molecule has 0 aliphatic rings. The van der Waals surface area contributed by atoms with Gasteiger partial charge in [0.15, 0.2) is 5.13 Å². The molecular weight excluding hydrogens is 348 g/mol. The molecule has 122 valence electrons. The third-order valence-corrected chi connectivity index (χ3v) is 5.08. The number of hydrogen-bond acceptors (Lipinski definition) is 3. The second kappa shape index (κ2) is 7.09. The van der Waals surface area contributed by atoms with Gasteiger partial charge in [-0.2, -0.15) is 0 Å². The van der Waals surface area contributed by atoms with Crippen LogP contribution >= 0.6 is 22.9 Å². The first kappa shape index (κ1) is 15.9. The SMILES string of the molecule is Clc1ccc(-c2nc(Nc3ccccc3)sc2-c2ccccc2)cc1. The van der Waals surface area contributed by atoms with E-state index in [2.05, 4.69) is 17.4 Å². The van der Waals surface area contributed by atoms with Crippen LogP contribution in [-0.4, -0.2) is 4.98 Å². The highest BCUT2D eigenvalue weighted by molar-refractivity contribution is 7.19. The number of hydrogen-bond donors (Lipinski definition) is 1. The number of thiazole rings is 1. The van der Waals surface area contributed by atoms with Crippen molar-refractivity contribution in [1.29, 1.82) is 0 Å². The van der Waals surface area contributed by atoms with Crippen molar-refractivity contribution in [3.05, 3.63) is 90.0 Å². The molecule has 0 radical (unpaired) electrons. The number of rotatable bonds is 4. The lowest BCUT2D eigenvalue weighted by Gasteiger charge is -2.02. The van der Waals surface area contributed by atoms with Crippen LogP contribution in [0.4, 0.5) is 10.8 Å². The van der Waals surface area contributed by atoms with Gasteiger partial charge >= 0.3 is 0 Å². The smallest absolute Gasteiger partial charge is 0.188 e. The van der Waals surface area contributed by atoms with Crippen molar-refractivity contribution in [1.82, 2.24) is 4.98 Å². The van der Waals surface area contributed by atoms with E-state index in [4.69, 9.17) is 16.6 Å². The van der Waals surface area contributed by atoms with Gasteiger partial charge in [-0.1, -0.05) is 83.6 Å². The van der Waals surface area contributed by atoms with E-state index in [0.717, 1.165) is 37.5 Å². The van der Waals surface area contributed by atoms with Crippen LogP contribution in [0.1, 0.15) is 0 Å². The molecule has 0 saturated heterocycles. The van der Waals surface area contributed by atoms with Gasteiger partial charge < -0.3 is 5.32 Å². The highest BCUT2D eigenvalue weighted by Gasteiger charge is 2.15. The van der Waals surface area contributed by atoms with Gasteiger partial charge in [0.2, 0.25) is 0 Å². The fourth-order valence-corrected chi connectivity index (χ4v) is 3.75. The second-order valence-corrected chi connectivity index (χ2v) is 7.00. The van der Waals surface area contributed by atoms with Crippen LogP contribution in [0.25, 0.3) is 21.7 Å². The van der Waals surface area contributed by atoms with Crippen LogP contribution in [0, 0.1) is 0 Å². The molecule has 0 spiro atoms. The highest BCUT2D eigenvalue weighted by Crippen LogP contribution is 2.40. The Morgan fingerprint density at radius 2 is 1.36 bits per heavy atom. The largest absolute Gasteiger partial charge is 0.332 e. The van der Waals surface area contributed by atoms with Gasteiger partial charge in [-0.15, -0.1) is 0 Å². The summed E-state index contributed by atoms with van der Waals surface area (Å²) in [4.78, 5) is 5.99. The van der Waals surface area contributed by atoms with Gasteiger partial charge in [0.05, 0.1) is 10.6 Å². The number of para-hydroxylation sites is 1. The van der Waals surface area contributed by atoms with Crippen LogP contribution in [0.3, 0.4) is 0 Å². The first-order valence-electron chi connectivity index (χ1n) is 7.94. The topological polar surface area (TPSA) is 24.9 Å². The lowest BCUT2D eigenvalue weighted by atomic mass is 10.1. The molecule has 0 aliphatic carbocycles. The Hall–Kier alpha value is -2.62. The van der Waals surface area contributed by atoms with Gasteiger partial charge in [-0.05, 0) is 29.8 Å². The zero-order valence-electron chi connectivity index (χ0n) is 13.3. The van der Waals surface area contributed by atoms with E-state index in [1.807, 2.05) is 72.8 Å². The average Bonchev–Trinajstić information content (AvgIpc) is 3.08. The monoisotopic (exact) mass is 362 g/mol. The number of anilines is 2. The first-order chi connectivity index (χ1) is 12.3. The maximum absolute atomic E-state index is 6.04. The quantitative estimate of drug-likeness (QED) is 0.428. The lowest BCUT2D eigenvalue weighted by molar-refractivity contribution is 1.38. The van der Waals surface area contributed by atoms with Crippen molar-refractivity contribution in [3.8, 4) is 21.7 Å². The van der Waals surface area contributed by atoms with Crippen LogP contribution < -0.4 is 5.32 Å². The standard InChI is InChI=1S/C21H15ClN2S/c22-17-13-11-15(12-14-17)19-20(16-7-3-1-4-8-16)25-21(24-19)23-18-9-5-2-6-10-18/h1-14H,(H,23,24). The van der Waals surface area contributed by atoms with Crippen molar-refractivity contribution < 1.29 is 0 Å². The number of halogens is 1. The summed E-state index contributed by atoms with van der Waals surface area (Å²) in [6.45, 7) is 0. The molecule has 3 aromatic carbocycles. The molecule has 0 amide bonds. The van der Waals surface area contributed by atoms with E-state index in [0.29, 0.717) is 0 Å². The second-order valence-electron chi connectivity index (χ2n) is 5.56. The summed E-state index contributed by atoms with van der Waals surface area (Å²) in [6.07, 6.45) is 0. The van der Waals surface area contributed by atoms with E-state index in [-0.39, 0.29) is 0 Å². The Labute approximate surface area is 155 Å². The van der Waals surface area contributed by atoms with E-state index in [9.17, 15) is 0 Å². The van der Waals surface area contributed by atoms with Gasteiger partial charge in [-0.3, -0.25) is 0 Å².